The molecule has 5 aliphatic rings. The predicted molar refractivity (Wildman–Crippen MR) is 138 cm³/mol. The van der Waals surface area contributed by atoms with Gasteiger partial charge in [0.15, 0.2) is 0 Å². The van der Waals surface area contributed by atoms with Gasteiger partial charge in [0.05, 0.1) is 13.2 Å². The molecular formula is C30H33N3O3. The molecule has 0 unspecified atom stereocenters. The monoisotopic (exact) mass is 483 g/mol. The summed E-state index contributed by atoms with van der Waals surface area (Å²) in [6, 6.07) is 15.5. The summed E-state index contributed by atoms with van der Waals surface area (Å²) in [4.78, 5) is 29.4. The van der Waals surface area contributed by atoms with Crippen molar-refractivity contribution in [2.45, 2.75) is 62.6 Å². The summed E-state index contributed by atoms with van der Waals surface area (Å²) in [7, 11) is 1.43. The molecular weight excluding hydrogens is 450 g/mol. The van der Waals surface area contributed by atoms with Crippen molar-refractivity contribution in [3.63, 3.8) is 0 Å². The van der Waals surface area contributed by atoms with Crippen LogP contribution in [0, 0.1) is 17.8 Å². The Morgan fingerprint density at radius 1 is 0.944 bits per heavy atom. The Morgan fingerprint density at radius 3 is 2.28 bits per heavy atom. The number of para-hydroxylation sites is 1. The third kappa shape index (κ3) is 3.57. The first kappa shape index (κ1) is 22.1. The molecule has 1 aromatic heterocycles. The number of carbonyl (C=O) groups excluding carboxylic acids is 2. The van der Waals surface area contributed by atoms with Gasteiger partial charge in [-0.2, -0.15) is 0 Å². The molecule has 6 nitrogen and oxygen atoms in total. The molecule has 1 amide bonds. The van der Waals surface area contributed by atoms with Gasteiger partial charge >= 0.3 is 5.97 Å². The molecule has 2 atom stereocenters. The first-order chi connectivity index (χ1) is 17.5. The number of amides is 1. The van der Waals surface area contributed by atoms with Crippen LogP contribution in [-0.2, 0) is 16.0 Å². The van der Waals surface area contributed by atoms with Crippen LogP contribution in [0.2, 0.25) is 0 Å². The SMILES string of the molecule is COC(=O)[C@H]1Cc2c([nH]c3ccccc23)[C@H](c2ccc(C(=O)N[C@]34CC5C[C@H](C[C@H](C5)C3)C4)cc2)N1. The molecule has 2 aromatic carbocycles. The van der Waals surface area contributed by atoms with Crippen LogP contribution in [0.15, 0.2) is 48.5 Å². The Morgan fingerprint density at radius 2 is 1.61 bits per heavy atom. The fourth-order valence-electron chi connectivity index (χ4n) is 8.19. The van der Waals surface area contributed by atoms with Crippen LogP contribution in [0.25, 0.3) is 10.9 Å². The average Bonchev–Trinajstić information content (AvgIpc) is 3.25. The first-order valence-electron chi connectivity index (χ1n) is 13.4. The van der Waals surface area contributed by atoms with Gasteiger partial charge in [-0.25, -0.2) is 0 Å². The smallest absolute Gasteiger partial charge is 0.323 e. The van der Waals surface area contributed by atoms with Crippen LogP contribution >= 0.6 is 0 Å². The normalized spacial score (nSPS) is 32.3. The second-order valence-electron chi connectivity index (χ2n) is 11.7. The molecule has 36 heavy (non-hydrogen) atoms. The number of nitrogens with one attached hydrogen (secondary N) is 3. The van der Waals surface area contributed by atoms with Crippen LogP contribution in [0.5, 0.6) is 0 Å². The molecule has 8 rings (SSSR count). The van der Waals surface area contributed by atoms with Gasteiger partial charge in [0.2, 0.25) is 0 Å². The lowest BCUT2D eigenvalue weighted by atomic mass is 9.53. The number of methoxy groups -OCH3 is 1. The molecule has 0 spiro atoms. The fraction of sp³-hybridized carbons (Fsp3) is 0.467. The van der Waals surface area contributed by atoms with Gasteiger partial charge in [-0.05, 0) is 85.6 Å². The van der Waals surface area contributed by atoms with Gasteiger partial charge in [-0.1, -0.05) is 30.3 Å². The Bertz CT molecular complexity index is 1310. The van der Waals surface area contributed by atoms with Crippen LogP contribution in [0.3, 0.4) is 0 Å². The number of hydrogen-bond donors (Lipinski definition) is 3. The average molecular weight is 484 g/mol. The lowest BCUT2D eigenvalue weighted by Gasteiger charge is -2.56. The number of aromatic nitrogens is 1. The van der Waals surface area contributed by atoms with Crippen molar-refractivity contribution in [3.8, 4) is 0 Å². The molecule has 4 bridgehead atoms. The third-order valence-corrected chi connectivity index (χ3v) is 9.32. The summed E-state index contributed by atoms with van der Waals surface area (Å²) in [5, 5.41) is 8.10. The number of rotatable bonds is 4. The number of fused-ring (bicyclic) bond motifs is 3. The van der Waals surface area contributed by atoms with Crippen LogP contribution in [0.4, 0.5) is 0 Å². The second-order valence-corrected chi connectivity index (χ2v) is 11.7. The van der Waals surface area contributed by atoms with E-state index in [1.54, 1.807) is 0 Å². The number of hydrogen-bond acceptors (Lipinski definition) is 4. The highest BCUT2D eigenvalue weighted by Crippen LogP contribution is 2.55. The minimum Gasteiger partial charge on any atom is -0.468 e. The molecule has 0 radical (unpaired) electrons. The zero-order chi connectivity index (χ0) is 24.4. The Kier molecular flexibility index (Phi) is 5.04. The molecule has 4 fully saturated rings. The highest BCUT2D eigenvalue weighted by molar-refractivity contribution is 5.95. The van der Waals surface area contributed by atoms with Crippen molar-refractivity contribution in [2.75, 3.05) is 7.11 Å². The first-order valence-corrected chi connectivity index (χ1v) is 13.4. The van der Waals surface area contributed by atoms with Gasteiger partial charge < -0.3 is 15.0 Å². The fourth-order valence-corrected chi connectivity index (χ4v) is 8.19. The van der Waals surface area contributed by atoms with Crippen molar-refractivity contribution in [1.29, 1.82) is 0 Å². The van der Waals surface area contributed by atoms with Gasteiger partial charge in [0, 0.05) is 34.1 Å². The number of H-pyrrole nitrogens is 1. The number of ether oxygens (including phenoxy) is 1. The largest absolute Gasteiger partial charge is 0.468 e. The van der Waals surface area contributed by atoms with Crippen molar-refractivity contribution in [2.24, 2.45) is 17.8 Å². The number of aromatic amines is 1. The molecule has 0 saturated heterocycles. The van der Waals surface area contributed by atoms with Crippen molar-refractivity contribution >= 4 is 22.8 Å². The maximum Gasteiger partial charge on any atom is 0.323 e. The molecule has 6 heteroatoms. The molecule has 4 saturated carbocycles. The van der Waals surface area contributed by atoms with E-state index in [4.69, 9.17) is 4.74 Å². The molecule has 3 aromatic rings. The number of carbonyl (C=O) groups is 2. The topological polar surface area (TPSA) is 83.2 Å². The third-order valence-electron chi connectivity index (χ3n) is 9.32. The molecule has 4 aliphatic carbocycles. The Hall–Kier alpha value is -3.12. The zero-order valence-electron chi connectivity index (χ0n) is 20.7. The quantitative estimate of drug-likeness (QED) is 0.472. The summed E-state index contributed by atoms with van der Waals surface area (Å²) < 4.78 is 5.08. The Labute approximate surface area is 211 Å². The van der Waals surface area contributed by atoms with Crippen molar-refractivity contribution in [1.82, 2.24) is 15.6 Å². The summed E-state index contributed by atoms with van der Waals surface area (Å²) >= 11 is 0. The summed E-state index contributed by atoms with van der Waals surface area (Å²) in [5.41, 5.74) is 5.00. The zero-order valence-corrected chi connectivity index (χ0v) is 20.7. The van der Waals surface area contributed by atoms with Crippen molar-refractivity contribution in [3.05, 3.63) is 70.9 Å². The lowest BCUT2D eigenvalue weighted by Crippen LogP contribution is -2.59. The highest BCUT2D eigenvalue weighted by atomic mass is 16.5. The molecule has 186 valence electrons. The summed E-state index contributed by atoms with van der Waals surface area (Å²) in [5.74, 6) is 2.17. The van der Waals surface area contributed by atoms with E-state index in [9.17, 15) is 9.59 Å². The van der Waals surface area contributed by atoms with Gasteiger partial charge in [0.25, 0.3) is 5.91 Å². The highest BCUT2D eigenvalue weighted by Gasteiger charge is 2.51. The number of benzene rings is 2. The molecule has 2 heterocycles. The maximum absolute atomic E-state index is 13.3. The lowest BCUT2D eigenvalue weighted by molar-refractivity contribution is -0.143. The maximum atomic E-state index is 13.3. The Balaban J connectivity index is 1.16. The summed E-state index contributed by atoms with van der Waals surface area (Å²) in [6.07, 6.45) is 8.10. The minimum atomic E-state index is -0.425. The van der Waals surface area contributed by atoms with Gasteiger partial charge in [-0.15, -0.1) is 0 Å². The van der Waals surface area contributed by atoms with E-state index in [1.165, 1.54) is 26.4 Å². The second kappa shape index (κ2) is 8.20. The summed E-state index contributed by atoms with van der Waals surface area (Å²) in [6.45, 7) is 0. The molecule has 3 N–H and O–H groups in total. The molecule has 1 aliphatic heterocycles. The van der Waals surface area contributed by atoms with E-state index in [2.05, 4.69) is 27.8 Å². The van der Waals surface area contributed by atoms with E-state index in [0.717, 1.165) is 64.7 Å². The van der Waals surface area contributed by atoms with Crippen LogP contribution in [0.1, 0.15) is 71.7 Å². The van der Waals surface area contributed by atoms with Crippen LogP contribution in [-0.4, -0.2) is 35.6 Å². The van der Waals surface area contributed by atoms with Gasteiger partial charge in [0.1, 0.15) is 6.04 Å². The van der Waals surface area contributed by atoms with Gasteiger partial charge in [-0.3, -0.25) is 14.9 Å². The standard InChI is InChI=1S/C30H33N3O3/c1-36-29(35)25-13-23-22-4-2-3-5-24(22)31-27(23)26(32-25)20-6-8-21(9-7-20)28(34)33-30-14-17-10-18(15-30)12-19(11-17)16-30/h2-9,17-19,25-26,31-32H,10-16H2,1H3,(H,33,34)/t17-,18+,19?,25-,26+,30-/m1/s1. The van der Waals surface area contributed by atoms with E-state index in [0.29, 0.717) is 12.0 Å². The van der Waals surface area contributed by atoms with E-state index < -0.39 is 6.04 Å². The van der Waals surface area contributed by atoms with E-state index in [1.807, 2.05) is 36.4 Å². The minimum absolute atomic E-state index is 0.00240. The van der Waals surface area contributed by atoms with Crippen molar-refractivity contribution < 1.29 is 14.3 Å². The van der Waals surface area contributed by atoms with E-state index in [-0.39, 0.29) is 23.5 Å². The number of esters is 1. The predicted octanol–water partition coefficient (Wildman–Crippen LogP) is 4.64. The van der Waals surface area contributed by atoms with Crippen LogP contribution < -0.4 is 10.6 Å². The van der Waals surface area contributed by atoms with E-state index >= 15 is 0 Å².